The van der Waals surface area contributed by atoms with E-state index >= 15 is 0 Å². The van der Waals surface area contributed by atoms with E-state index in [0.29, 0.717) is 18.6 Å². The number of nitrogens with zero attached hydrogens (tertiary/aromatic N) is 3. The molecule has 2 aliphatic carbocycles. The number of hydrogen-bond donors (Lipinski definition) is 3. The minimum atomic E-state index is -0.562. The second-order valence-corrected chi connectivity index (χ2v) is 7.62. The molecule has 6 heteroatoms. The molecule has 1 fully saturated rings. The SMILES string of the molecule is CN=C(NCC1(O)CCCC1)NC1CCc2cn(C(C)C)nc2C1. The summed E-state index contributed by atoms with van der Waals surface area (Å²) in [6, 6.07) is 0.751. The molecule has 0 spiro atoms. The molecule has 1 aromatic heterocycles. The Morgan fingerprint density at radius 1 is 1.46 bits per heavy atom. The monoisotopic (exact) mass is 333 g/mol. The predicted octanol–water partition coefficient (Wildman–Crippen LogP) is 1.79. The van der Waals surface area contributed by atoms with Crippen LogP contribution in [0.15, 0.2) is 11.2 Å². The summed E-state index contributed by atoms with van der Waals surface area (Å²) in [5.41, 5.74) is 2.02. The number of guanidine groups is 1. The van der Waals surface area contributed by atoms with E-state index in [0.717, 1.165) is 50.9 Å². The summed E-state index contributed by atoms with van der Waals surface area (Å²) in [6.07, 6.45) is 9.27. The predicted molar refractivity (Wildman–Crippen MR) is 96.3 cm³/mol. The van der Waals surface area contributed by atoms with Crippen molar-refractivity contribution in [1.29, 1.82) is 0 Å². The molecule has 3 N–H and O–H groups in total. The van der Waals surface area contributed by atoms with Crippen molar-refractivity contribution >= 4 is 5.96 Å². The Kier molecular flexibility index (Phi) is 5.13. The van der Waals surface area contributed by atoms with Gasteiger partial charge in [-0.2, -0.15) is 5.10 Å². The highest BCUT2D eigenvalue weighted by molar-refractivity contribution is 5.80. The van der Waals surface area contributed by atoms with E-state index in [1.807, 2.05) is 0 Å². The molecule has 0 radical (unpaired) electrons. The zero-order valence-corrected chi connectivity index (χ0v) is 15.2. The van der Waals surface area contributed by atoms with Gasteiger partial charge in [-0.25, -0.2) is 0 Å². The van der Waals surface area contributed by atoms with Gasteiger partial charge in [0, 0.05) is 38.3 Å². The summed E-state index contributed by atoms with van der Waals surface area (Å²) in [6.45, 7) is 4.90. The van der Waals surface area contributed by atoms with Crippen molar-refractivity contribution in [2.75, 3.05) is 13.6 Å². The topological polar surface area (TPSA) is 74.5 Å². The van der Waals surface area contributed by atoms with Crippen molar-refractivity contribution in [3.8, 4) is 0 Å². The molecule has 0 bridgehead atoms. The second-order valence-electron chi connectivity index (χ2n) is 7.62. The first-order valence-corrected chi connectivity index (χ1v) is 9.25. The molecule has 6 nitrogen and oxygen atoms in total. The van der Waals surface area contributed by atoms with Crippen molar-refractivity contribution in [2.24, 2.45) is 4.99 Å². The Morgan fingerprint density at radius 2 is 2.21 bits per heavy atom. The lowest BCUT2D eigenvalue weighted by Crippen LogP contribution is -2.50. The third-order valence-electron chi connectivity index (χ3n) is 5.31. The molecule has 0 amide bonds. The van der Waals surface area contributed by atoms with Crippen LogP contribution in [0.5, 0.6) is 0 Å². The number of fused-ring (bicyclic) bond motifs is 1. The van der Waals surface area contributed by atoms with E-state index < -0.39 is 5.60 Å². The van der Waals surface area contributed by atoms with Crippen LogP contribution >= 0.6 is 0 Å². The summed E-state index contributed by atoms with van der Waals surface area (Å²) >= 11 is 0. The fourth-order valence-electron chi connectivity index (χ4n) is 3.75. The van der Waals surface area contributed by atoms with E-state index in [9.17, 15) is 5.11 Å². The number of nitrogens with one attached hydrogen (secondary N) is 2. The molecule has 1 atom stereocenters. The van der Waals surface area contributed by atoms with Crippen molar-refractivity contribution in [3.63, 3.8) is 0 Å². The van der Waals surface area contributed by atoms with Gasteiger partial charge in [0.05, 0.1) is 11.3 Å². The Labute approximate surface area is 144 Å². The standard InChI is InChI=1S/C18H31N5O/c1-13(2)23-11-14-6-7-15(10-16(14)22-23)21-17(19-3)20-12-18(24)8-4-5-9-18/h11,13,15,24H,4-10,12H2,1-3H3,(H2,19,20,21). The van der Waals surface area contributed by atoms with Gasteiger partial charge in [-0.15, -0.1) is 0 Å². The molecule has 0 saturated heterocycles. The minimum Gasteiger partial charge on any atom is -0.388 e. The molecular weight excluding hydrogens is 302 g/mol. The fourth-order valence-corrected chi connectivity index (χ4v) is 3.75. The van der Waals surface area contributed by atoms with E-state index in [-0.39, 0.29) is 0 Å². The number of aliphatic imine (C=N–C) groups is 1. The van der Waals surface area contributed by atoms with Gasteiger partial charge in [0.15, 0.2) is 5.96 Å². The van der Waals surface area contributed by atoms with Gasteiger partial charge in [-0.3, -0.25) is 9.67 Å². The zero-order chi connectivity index (χ0) is 17.2. The molecule has 24 heavy (non-hydrogen) atoms. The second kappa shape index (κ2) is 7.13. The first kappa shape index (κ1) is 17.3. The van der Waals surface area contributed by atoms with Crippen LogP contribution in [-0.2, 0) is 12.8 Å². The highest BCUT2D eigenvalue weighted by atomic mass is 16.3. The van der Waals surface area contributed by atoms with Crippen molar-refractivity contribution < 1.29 is 5.11 Å². The molecule has 0 aromatic carbocycles. The van der Waals surface area contributed by atoms with E-state index in [2.05, 4.69) is 40.4 Å². The van der Waals surface area contributed by atoms with Crippen LogP contribution in [-0.4, -0.2) is 46.1 Å². The third-order valence-corrected chi connectivity index (χ3v) is 5.31. The van der Waals surface area contributed by atoms with Gasteiger partial charge < -0.3 is 15.7 Å². The van der Waals surface area contributed by atoms with E-state index in [1.165, 1.54) is 11.3 Å². The number of aromatic nitrogens is 2. The maximum absolute atomic E-state index is 10.5. The Bertz CT molecular complexity index is 586. The number of aliphatic hydroxyl groups is 1. The summed E-state index contributed by atoms with van der Waals surface area (Å²) < 4.78 is 2.07. The van der Waals surface area contributed by atoms with Crippen LogP contribution < -0.4 is 10.6 Å². The van der Waals surface area contributed by atoms with E-state index in [4.69, 9.17) is 5.10 Å². The smallest absolute Gasteiger partial charge is 0.191 e. The van der Waals surface area contributed by atoms with Crippen LogP contribution in [0.25, 0.3) is 0 Å². The molecule has 0 aliphatic heterocycles. The highest BCUT2D eigenvalue weighted by Gasteiger charge is 2.31. The highest BCUT2D eigenvalue weighted by Crippen LogP contribution is 2.28. The Hall–Kier alpha value is -1.56. The molecule has 2 aliphatic rings. The van der Waals surface area contributed by atoms with Crippen molar-refractivity contribution in [2.45, 2.75) is 76.5 Å². The van der Waals surface area contributed by atoms with Gasteiger partial charge in [0.2, 0.25) is 0 Å². The number of hydrogen-bond acceptors (Lipinski definition) is 3. The molecule has 1 unspecified atom stereocenters. The largest absolute Gasteiger partial charge is 0.388 e. The summed E-state index contributed by atoms with van der Waals surface area (Å²) in [5.74, 6) is 0.784. The zero-order valence-electron chi connectivity index (χ0n) is 15.2. The fraction of sp³-hybridized carbons (Fsp3) is 0.778. The first-order chi connectivity index (χ1) is 11.5. The summed E-state index contributed by atoms with van der Waals surface area (Å²) in [5, 5.41) is 22.0. The molecule has 3 rings (SSSR count). The molecular formula is C18H31N5O. The quantitative estimate of drug-likeness (QED) is 0.580. The van der Waals surface area contributed by atoms with Gasteiger partial charge >= 0.3 is 0 Å². The Morgan fingerprint density at radius 3 is 2.88 bits per heavy atom. The minimum absolute atomic E-state index is 0.345. The lowest BCUT2D eigenvalue weighted by atomic mass is 9.94. The lowest BCUT2D eigenvalue weighted by molar-refractivity contribution is 0.0521. The van der Waals surface area contributed by atoms with Gasteiger partial charge in [-0.1, -0.05) is 12.8 Å². The third kappa shape index (κ3) is 3.91. The molecule has 134 valence electrons. The van der Waals surface area contributed by atoms with Crippen LogP contribution in [0.1, 0.15) is 63.3 Å². The van der Waals surface area contributed by atoms with E-state index in [1.54, 1.807) is 7.05 Å². The summed E-state index contributed by atoms with van der Waals surface area (Å²) in [4.78, 5) is 4.32. The van der Waals surface area contributed by atoms with Gasteiger partial charge in [0.25, 0.3) is 0 Å². The molecule has 1 aromatic rings. The maximum atomic E-state index is 10.5. The van der Waals surface area contributed by atoms with Crippen molar-refractivity contribution in [1.82, 2.24) is 20.4 Å². The molecule has 1 heterocycles. The Balaban J connectivity index is 1.55. The van der Waals surface area contributed by atoms with Gasteiger partial charge in [-0.05, 0) is 45.1 Å². The van der Waals surface area contributed by atoms with Crippen LogP contribution in [0.3, 0.4) is 0 Å². The van der Waals surface area contributed by atoms with Crippen LogP contribution in [0.2, 0.25) is 0 Å². The van der Waals surface area contributed by atoms with Crippen LogP contribution in [0.4, 0.5) is 0 Å². The lowest BCUT2D eigenvalue weighted by Gasteiger charge is -2.27. The normalized spacial score (nSPS) is 23.4. The summed E-state index contributed by atoms with van der Waals surface area (Å²) in [7, 11) is 1.79. The average molecular weight is 333 g/mol. The first-order valence-electron chi connectivity index (χ1n) is 9.25. The van der Waals surface area contributed by atoms with Crippen LogP contribution in [0, 0.1) is 0 Å². The maximum Gasteiger partial charge on any atom is 0.191 e. The van der Waals surface area contributed by atoms with Gasteiger partial charge in [0.1, 0.15) is 0 Å². The molecule has 1 saturated carbocycles. The number of rotatable bonds is 4. The number of aryl methyl sites for hydroxylation is 1. The van der Waals surface area contributed by atoms with Crippen molar-refractivity contribution in [3.05, 3.63) is 17.5 Å². The average Bonchev–Trinajstić information content (AvgIpc) is 3.17.